The minimum absolute atomic E-state index is 0.202. The third kappa shape index (κ3) is 4.05. The molecule has 0 spiro atoms. The molecule has 0 atom stereocenters. The molecule has 0 amide bonds. The number of aromatic nitrogens is 2. The van der Waals surface area contributed by atoms with E-state index in [0.29, 0.717) is 22.3 Å². The van der Waals surface area contributed by atoms with E-state index in [4.69, 9.17) is 10.7 Å². The summed E-state index contributed by atoms with van der Waals surface area (Å²) in [4.78, 5) is 4.03. The number of aryl methyl sites for hydroxylation is 1. The van der Waals surface area contributed by atoms with Gasteiger partial charge in [0.05, 0.1) is 6.54 Å². The Morgan fingerprint density at radius 2 is 2.14 bits per heavy atom. The first-order valence-electron chi connectivity index (χ1n) is 6.26. The van der Waals surface area contributed by atoms with Gasteiger partial charge in [-0.05, 0) is 18.6 Å². The van der Waals surface area contributed by atoms with Crippen molar-refractivity contribution >= 4 is 35.7 Å². The molecule has 4 nitrogen and oxygen atoms in total. The molecule has 0 aliphatic rings. The van der Waals surface area contributed by atoms with Gasteiger partial charge in [-0.2, -0.15) is 0 Å². The highest BCUT2D eigenvalue weighted by Crippen LogP contribution is 2.20. The molecule has 2 rings (SSSR count). The Labute approximate surface area is 135 Å². The predicted octanol–water partition coefficient (Wildman–Crippen LogP) is 3.71. The maximum Gasteiger partial charge on any atom is 0.280 e. The Morgan fingerprint density at radius 3 is 2.71 bits per heavy atom. The third-order valence-electron chi connectivity index (χ3n) is 2.92. The summed E-state index contributed by atoms with van der Waals surface area (Å²) >= 11 is 3.20. The SMILES string of the molecule is CCCc1nc(S(=O)(=O)Cl)cn1Cc1ccc(Br)cc1F. The average Bonchev–Trinajstić information content (AvgIpc) is 2.76. The Morgan fingerprint density at radius 1 is 1.43 bits per heavy atom. The zero-order valence-corrected chi connectivity index (χ0v) is 14.3. The van der Waals surface area contributed by atoms with Crippen LogP contribution >= 0.6 is 26.6 Å². The largest absolute Gasteiger partial charge is 0.329 e. The van der Waals surface area contributed by atoms with Gasteiger partial charge >= 0.3 is 0 Å². The smallest absolute Gasteiger partial charge is 0.280 e. The zero-order valence-electron chi connectivity index (χ0n) is 11.2. The van der Waals surface area contributed by atoms with Crippen LogP contribution in [0.25, 0.3) is 0 Å². The lowest BCUT2D eigenvalue weighted by Crippen LogP contribution is -2.05. The molecular weight excluding hydrogens is 383 g/mol. The molecule has 1 aromatic carbocycles. The lowest BCUT2D eigenvalue weighted by molar-refractivity contribution is 0.592. The van der Waals surface area contributed by atoms with Crippen molar-refractivity contribution in [1.82, 2.24) is 9.55 Å². The van der Waals surface area contributed by atoms with E-state index in [9.17, 15) is 12.8 Å². The van der Waals surface area contributed by atoms with Gasteiger partial charge in [-0.3, -0.25) is 0 Å². The second-order valence-corrected chi connectivity index (χ2v) is 7.98. The maximum absolute atomic E-state index is 13.9. The van der Waals surface area contributed by atoms with Crippen LogP contribution in [0.4, 0.5) is 4.39 Å². The zero-order chi connectivity index (χ0) is 15.6. The second-order valence-electron chi connectivity index (χ2n) is 4.55. The summed E-state index contributed by atoms with van der Waals surface area (Å²) in [6.45, 7) is 2.15. The fraction of sp³-hybridized carbons (Fsp3) is 0.308. The standard InChI is InChI=1S/C13H13BrClFN2O2S/c1-2-3-12-17-13(21(15,19)20)8-18(12)7-9-4-5-10(14)6-11(9)16/h4-6,8H,2-3,7H2,1H3. The molecule has 0 N–H and O–H groups in total. The first kappa shape index (κ1) is 16.5. The Hall–Kier alpha value is -0.920. The van der Waals surface area contributed by atoms with Crippen molar-refractivity contribution in [3.05, 3.63) is 46.1 Å². The molecule has 0 fully saturated rings. The van der Waals surface area contributed by atoms with E-state index >= 15 is 0 Å². The Balaban J connectivity index is 2.40. The highest BCUT2D eigenvalue weighted by Gasteiger charge is 2.18. The molecule has 114 valence electrons. The fourth-order valence-electron chi connectivity index (χ4n) is 1.94. The van der Waals surface area contributed by atoms with Crippen LogP contribution in [0.1, 0.15) is 24.7 Å². The summed E-state index contributed by atoms with van der Waals surface area (Å²) in [6, 6.07) is 4.74. The molecule has 1 heterocycles. The van der Waals surface area contributed by atoms with Crippen molar-refractivity contribution < 1.29 is 12.8 Å². The summed E-state index contributed by atoms with van der Waals surface area (Å²) in [6.07, 6.45) is 2.72. The third-order valence-corrected chi connectivity index (χ3v) is 4.58. The van der Waals surface area contributed by atoms with Crippen LogP contribution < -0.4 is 0 Å². The summed E-state index contributed by atoms with van der Waals surface area (Å²) in [5, 5.41) is -0.204. The van der Waals surface area contributed by atoms with Crippen molar-refractivity contribution in [2.45, 2.75) is 31.3 Å². The minimum Gasteiger partial charge on any atom is -0.329 e. The van der Waals surface area contributed by atoms with Crippen molar-refractivity contribution in [1.29, 1.82) is 0 Å². The number of imidazole rings is 1. The van der Waals surface area contributed by atoms with Crippen molar-refractivity contribution in [3.63, 3.8) is 0 Å². The van der Waals surface area contributed by atoms with E-state index in [0.717, 1.165) is 6.42 Å². The van der Waals surface area contributed by atoms with Crippen LogP contribution in [0.2, 0.25) is 0 Å². The van der Waals surface area contributed by atoms with Crippen molar-refractivity contribution in [2.24, 2.45) is 0 Å². The van der Waals surface area contributed by atoms with Crippen LogP contribution in [0, 0.1) is 5.82 Å². The molecular formula is C13H13BrClFN2O2S. The highest BCUT2D eigenvalue weighted by atomic mass is 79.9. The summed E-state index contributed by atoms with van der Waals surface area (Å²) in [5.74, 6) is 0.204. The van der Waals surface area contributed by atoms with Crippen LogP contribution in [0.3, 0.4) is 0 Å². The first-order chi connectivity index (χ1) is 9.81. The summed E-state index contributed by atoms with van der Waals surface area (Å²) in [7, 11) is 1.42. The minimum atomic E-state index is -3.89. The van der Waals surface area contributed by atoms with Gasteiger partial charge in [0.1, 0.15) is 11.6 Å². The molecule has 0 bridgehead atoms. The van der Waals surface area contributed by atoms with Gasteiger partial charge in [-0.25, -0.2) is 17.8 Å². The van der Waals surface area contributed by atoms with Gasteiger partial charge in [-0.15, -0.1) is 0 Å². The highest BCUT2D eigenvalue weighted by molar-refractivity contribution is 9.10. The van der Waals surface area contributed by atoms with E-state index in [1.54, 1.807) is 16.7 Å². The lowest BCUT2D eigenvalue weighted by Gasteiger charge is -2.08. The van der Waals surface area contributed by atoms with Crippen LogP contribution in [0.15, 0.2) is 33.9 Å². The number of benzene rings is 1. The normalized spacial score (nSPS) is 11.8. The van der Waals surface area contributed by atoms with Crippen molar-refractivity contribution in [2.75, 3.05) is 0 Å². The predicted molar refractivity (Wildman–Crippen MR) is 82.5 cm³/mol. The fourth-order valence-corrected chi connectivity index (χ4v) is 2.96. The summed E-state index contributed by atoms with van der Waals surface area (Å²) < 4.78 is 38.9. The topological polar surface area (TPSA) is 52.0 Å². The molecule has 2 aromatic rings. The molecule has 0 radical (unpaired) electrons. The van der Waals surface area contributed by atoms with Gasteiger partial charge < -0.3 is 4.57 Å². The van der Waals surface area contributed by atoms with Gasteiger partial charge in [0.25, 0.3) is 9.05 Å². The van der Waals surface area contributed by atoms with E-state index in [2.05, 4.69) is 20.9 Å². The van der Waals surface area contributed by atoms with E-state index in [1.165, 1.54) is 12.3 Å². The number of nitrogens with zero attached hydrogens (tertiary/aromatic N) is 2. The molecule has 1 aromatic heterocycles. The van der Waals surface area contributed by atoms with Crippen molar-refractivity contribution in [3.8, 4) is 0 Å². The van der Waals surface area contributed by atoms with E-state index < -0.39 is 9.05 Å². The Kier molecular flexibility index (Phi) is 5.06. The van der Waals surface area contributed by atoms with Crippen LogP contribution in [-0.4, -0.2) is 18.0 Å². The number of rotatable bonds is 5. The molecule has 0 unspecified atom stereocenters. The van der Waals surface area contributed by atoms with E-state index in [1.807, 2.05) is 6.92 Å². The Bertz CT molecular complexity index is 762. The van der Waals surface area contributed by atoms with Crippen LogP contribution in [-0.2, 0) is 22.0 Å². The van der Waals surface area contributed by atoms with Gasteiger partial charge in [-0.1, -0.05) is 28.9 Å². The molecule has 0 saturated heterocycles. The molecule has 0 aliphatic carbocycles. The van der Waals surface area contributed by atoms with Gasteiger partial charge in [0.15, 0.2) is 5.03 Å². The molecule has 0 aliphatic heterocycles. The first-order valence-corrected chi connectivity index (χ1v) is 9.36. The molecule has 8 heteroatoms. The average molecular weight is 396 g/mol. The number of hydrogen-bond donors (Lipinski definition) is 0. The van der Waals surface area contributed by atoms with Gasteiger partial charge in [0.2, 0.25) is 0 Å². The van der Waals surface area contributed by atoms with Gasteiger partial charge in [0, 0.05) is 33.3 Å². The summed E-state index contributed by atoms with van der Waals surface area (Å²) in [5.41, 5.74) is 0.450. The number of halogens is 3. The molecule has 21 heavy (non-hydrogen) atoms. The monoisotopic (exact) mass is 394 g/mol. The maximum atomic E-state index is 13.9. The molecule has 0 saturated carbocycles. The second kappa shape index (κ2) is 6.46. The number of hydrogen-bond acceptors (Lipinski definition) is 3. The van der Waals surface area contributed by atoms with Crippen LogP contribution in [0.5, 0.6) is 0 Å². The van der Waals surface area contributed by atoms with E-state index in [-0.39, 0.29) is 17.4 Å². The lowest BCUT2D eigenvalue weighted by atomic mass is 10.2. The quantitative estimate of drug-likeness (QED) is 0.725.